The predicted molar refractivity (Wildman–Crippen MR) is 61.5 cm³/mol. The van der Waals surface area contributed by atoms with Gasteiger partial charge in [0.05, 0.1) is 0 Å². The number of aryl methyl sites for hydroxylation is 1. The van der Waals surface area contributed by atoms with Crippen LogP contribution in [0, 0.1) is 0 Å². The van der Waals surface area contributed by atoms with Crippen LogP contribution >= 0.6 is 0 Å². The first-order valence-electron chi connectivity index (χ1n) is 5.40. The molecule has 84 valence electrons. The molecule has 0 atom stereocenters. The van der Waals surface area contributed by atoms with Gasteiger partial charge in [-0.05, 0) is 36.6 Å². The minimum Gasteiger partial charge on any atom is -0.489 e. The molecule has 0 saturated heterocycles. The Bertz CT molecular complexity index is 421. The SMILES string of the molecule is O=C(O)CCCc1ccc2c(c1)C=CCO2. The molecule has 1 aromatic carbocycles. The third-order valence-corrected chi connectivity index (χ3v) is 2.56. The molecule has 0 aliphatic carbocycles. The molecule has 0 amide bonds. The lowest BCUT2D eigenvalue weighted by Gasteiger charge is -2.13. The Labute approximate surface area is 94.4 Å². The van der Waals surface area contributed by atoms with Crippen LogP contribution in [0.1, 0.15) is 24.0 Å². The van der Waals surface area contributed by atoms with Gasteiger partial charge in [-0.25, -0.2) is 0 Å². The molecule has 1 aliphatic heterocycles. The number of carbonyl (C=O) groups is 1. The first kappa shape index (κ1) is 10.7. The molecule has 3 nitrogen and oxygen atoms in total. The number of rotatable bonds is 4. The molecule has 1 N–H and O–H groups in total. The highest BCUT2D eigenvalue weighted by Crippen LogP contribution is 2.25. The van der Waals surface area contributed by atoms with Crippen molar-refractivity contribution in [3.05, 3.63) is 35.4 Å². The topological polar surface area (TPSA) is 46.5 Å². The van der Waals surface area contributed by atoms with E-state index in [1.807, 2.05) is 24.3 Å². The van der Waals surface area contributed by atoms with E-state index in [-0.39, 0.29) is 6.42 Å². The van der Waals surface area contributed by atoms with Gasteiger partial charge in [0.15, 0.2) is 0 Å². The predicted octanol–water partition coefficient (Wildman–Crippen LogP) is 2.50. The monoisotopic (exact) mass is 218 g/mol. The number of carboxylic acids is 1. The average molecular weight is 218 g/mol. The summed E-state index contributed by atoms with van der Waals surface area (Å²) in [7, 11) is 0. The zero-order valence-corrected chi connectivity index (χ0v) is 8.98. The molecule has 0 spiro atoms. The van der Waals surface area contributed by atoms with Crippen LogP contribution in [0.2, 0.25) is 0 Å². The maximum Gasteiger partial charge on any atom is 0.303 e. The second-order valence-corrected chi connectivity index (χ2v) is 3.83. The van der Waals surface area contributed by atoms with E-state index in [1.165, 1.54) is 0 Å². The molecule has 0 unspecified atom stereocenters. The second-order valence-electron chi connectivity index (χ2n) is 3.83. The standard InChI is InChI=1S/C13H14O3/c14-13(15)5-1-3-10-6-7-12-11(9-10)4-2-8-16-12/h2,4,6-7,9H,1,3,5,8H2,(H,14,15). The maximum atomic E-state index is 10.4. The van der Waals surface area contributed by atoms with Gasteiger partial charge in [-0.15, -0.1) is 0 Å². The second kappa shape index (κ2) is 4.84. The van der Waals surface area contributed by atoms with Gasteiger partial charge in [-0.3, -0.25) is 4.79 Å². The Kier molecular flexibility index (Phi) is 3.25. The van der Waals surface area contributed by atoms with Crippen molar-refractivity contribution >= 4 is 12.0 Å². The lowest BCUT2D eigenvalue weighted by Crippen LogP contribution is -2.01. The van der Waals surface area contributed by atoms with Crippen LogP contribution in [0.3, 0.4) is 0 Å². The molecule has 2 rings (SSSR count). The summed E-state index contributed by atoms with van der Waals surface area (Å²) >= 11 is 0. The molecule has 1 heterocycles. The Balaban J connectivity index is 2.01. The van der Waals surface area contributed by atoms with E-state index in [2.05, 4.69) is 6.07 Å². The highest BCUT2D eigenvalue weighted by Gasteiger charge is 2.06. The third kappa shape index (κ3) is 2.63. The summed E-state index contributed by atoms with van der Waals surface area (Å²) in [5.41, 5.74) is 2.24. The van der Waals surface area contributed by atoms with Crippen LogP contribution < -0.4 is 4.74 Å². The van der Waals surface area contributed by atoms with Crippen LogP contribution in [-0.2, 0) is 11.2 Å². The maximum absolute atomic E-state index is 10.4. The van der Waals surface area contributed by atoms with E-state index in [0.717, 1.165) is 23.3 Å². The number of hydrogen-bond donors (Lipinski definition) is 1. The molecule has 0 fully saturated rings. The van der Waals surface area contributed by atoms with E-state index in [9.17, 15) is 4.79 Å². The quantitative estimate of drug-likeness (QED) is 0.844. The molecule has 0 saturated carbocycles. The molecule has 1 aliphatic rings. The number of benzene rings is 1. The van der Waals surface area contributed by atoms with Gasteiger partial charge < -0.3 is 9.84 Å². The van der Waals surface area contributed by atoms with E-state index >= 15 is 0 Å². The summed E-state index contributed by atoms with van der Waals surface area (Å²) < 4.78 is 5.44. The van der Waals surface area contributed by atoms with Crippen molar-refractivity contribution in [2.45, 2.75) is 19.3 Å². The number of ether oxygens (including phenoxy) is 1. The van der Waals surface area contributed by atoms with Gasteiger partial charge in [0.25, 0.3) is 0 Å². The number of fused-ring (bicyclic) bond motifs is 1. The van der Waals surface area contributed by atoms with Crippen LogP contribution in [-0.4, -0.2) is 17.7 Å². The third-order valence-electron chi connectivity index (χ3n) is 2.56. The van der Waals surface area contributed by atoms with Gasteiger partial charge in [-0.2, -0.15) is 0 Å². The summed E-state index contributed by atoms with van der Waals surface area (Å²) in [4.78, 5) is 10.4. The van der Waals surface area contributed by atoms with Crippen molar-refractivity contribution in [2.24, 2.45) is 0 Å². The fourth-order valence-electron chi connectivity index (χ4n) is 1.77. The molecule has 0 aromatic heterocycles. The van der Waals surface area contributed by atoms with E-state index < -0.39 is 5.97 Å². The highest BCUT2D eigenvalue weighted by molar-refractivity contribution is 5.66. The van der Waals surface area contributed by atoms with Crippen molar-refractivity contribution in [1.82, 2.24) is 0 Å². The van der Waals surface area contributed by atoms with Crippen LogP contribution in [0.25, 0.3) is 6.08 Å². The smallest absolute Gasteiger partial charge is 0.303 e. The lowest BCUT2D eigenvalue weighted by molar-refractivity contribution is -0.137. The Morgan fingerprint density at radius 3 is 3.12 bits per heavy atom. The van der Waals surface area contributed by atoms with Crippen molar-refractivity contribution in [3.8, 4) is 5.75 Å². The Hall–Kier alpha value is -1.77. The van der Waals surface area contributed by atoms with Gasteiger partial charge >= 0.3 is 5.97 Å². The van der Waals surface area contributed by atoms with E-state index in [0.29, 0.717) is 13.0 Å². The largest absolute Gasteiger partial charge is 0.489 e. The molecule has 1 aromatic rings. The van der Waals surface area contributed by atoms with Gasteiger partial charge in [0.2, 0.25) is 0 Å². The summed E-state index contributed by atoms with van der Waals surface area (Å²) in [5.74, 6) is 0.172. The van der Waals surface area contributed by atoms with Gasteiger partial charge in [0, 0.05) is 12.0 Å². The molecule has 0 radical (unpaired) electrons. The van der Waals surface area contributed by atoms with Crippen LogP contribution in [0.15, 0.2) is 24.3 Å². The summed E-state index contributed by atoms with van der Waals surface area (Å²) in [6.07, 6.45) is 5.72. The number of carboxylic acid groups (broad SMARTS) is 1. The minimum atomic E-state index is -0.735. The zero-order valence-electron chi connectivity index (χ0n) is 8.98. The summed E-state index contributed by atoms with van der Waals surface area (Å²) in [6.45, 7) is 0.630. The van der Waals surface area contributed by atoms with Gasteiger partial charge in [0.1, 0.15) is 12.4 Å². The normalized spacial score (nSPS) is 13.0. The molecule has 16 heavy (non-hydrogen) atoms. The first-order valence-corrected chi connectivity index (χ1v) is 5.40. The first-order chi connectivity index (χ1) is 7.75. The van der Waals surface area contributed by atoms with Crippen LogP contribution in [0.4, 0.5) is 0 Å². The average Bonchev–Trinajstić information content (AvgIpc) is 2.28. The minimum absolute atomic E-state index is 0.226. The van der Waals surface area contributed by atoms with Crippen molar-refractivity contribution in [3.63, 3.8) is 0 Å². The fraction of sp³-hybridized carbons (Fsp3) is 0.308. The lowest BCUT2D eigenvalue weighted by atomic mass is 10.0. The molecule has 3 heteroatoms. The van der Waals surface area contributed by atoms with Crippen molar-refractivity contribution in [2.75, 3.05) is 6.61 Å². The zero-order chi connectivity index (χ0) is 11.4. The van der Waals surface area contributed by atoms with Crippen LogP contribution in [0.5, 0.6) is 5.75 Å². The summed E-state index contributed by atoms with van der Waals surface area (Å²) in [5, 5.41) is 8.55. The van der Waals surface area contributed by atoms with E-state index in [4.69, 9.17) is 9.84 Å². The van der Waals surface area contributed by atoms with Gasteiger partial charge in [-0.1, -0.05) is 12.1 Å². The number of aliphatic carboxylic acids is 1. The number of hydrogen-bond acceptors (Lipinski definition) is 2. The Morgan fingerprint density at radius 1 is 1.44 bits per heavy atom. The molecular formula is C13H14O3. The summed E-state index contributed by atoms with van der Waals surface area (Å²) in [6, 6.07) is 6.02. The fourth-order valence-corrected chi connectivity index (χ4v) is 1.77. The van der Waals surface area contributed by atoms with Crippen molar-refractivity contribution in [1.29, 1.82) is 0 Å². The Morgan fingerprint density at radius 2 is 2.31 bits per heavy atom. The molecular weight excluding hydrogens is 204 g/mol. The van der Waals surface area contributed by atoms with Crippen molar-refractivity contribution < 1.29 is 14.6 Å². The molecule has 0 bridgehead atoms. The highest BCUT2D eigenvalue weighted by atomic mass is 16.5. The van der Waals surface area contributed by atoms with E-state index in [1.54, 1.807) is 0 Å².